The summed E-state index contributed by atoms with van der Waals surface area (Å²) in [5.41, 5.74) is 0.268. The minimum atomic E-state index is -0.788. The normalized spacial score (nSPS) is 10.5. The third-order valence-electron chi connectivity index (χ3n) is 3.78. The molecule has 0 spiro atoms. The maximum Gasteiger partial charge on any atom is 0.374 e. The number of esters is 1. The zero-order chi connectivity index (χ0) is 19.6. The number of halogens is 1. The second-order valence-corrected chi connectivity index (χ2v) is 6.39. The largest absolute Gasteiger partial charge is 0.497 e. The van der Waals surface area contributed by atoms with Gasteiger partial charge < -0.3 is 19.2 Å². The molecule has 0 saturated carbocycles. The number of ether oxygens (including phenoxy) is 2. The van der Waals surface area contributed by atoms with Crippen LogP contribution in [0.2, 0.25) is 0 Å². The molecule has 3 rings (SSSR count). The van der Waals surface area contributed by atoms with Crippen LogP contribution in [0.1, 0.15) is 20.9 Å². The van der Waals surface area contributed by atoms with Crippen molar-refractivity contribution in [2.75, 3.05) is 19.5 Å². The highest BCUT2D eigenvalue weighted by Gasteiger charge is 2.17. The van der Waals surface area contributed by atoms with E-state index in [4.69, 9.17) is 9.15 Å². The molecule has 0 atom stereocenters. The fourth-order valence-corrected chi connectivity index (χ4v) is 2.91. The van der Waals surface area contributed by atoms with Crippen LogP contribution < -0.4 is 15.5 Å². The van der Waals surface area contributed by atoms with Gasteiger partial charge in [0, 0.05) is 16.1 Å². The van der Waals surface area contributed by atoms with E-state index in [1.165, 1.54) is 14.2 Å². The summed E-state index contributed by atoms with van der Waals surface area (Å²) in [5.74, 6) is -0.835. The molecule has 1 amide bonds. The number of benzene rings is 2. The van der Waals surface area contributed by atoms with Crippen molar-refractivity contribution in [3.05, 3.63) is 68.5 Å². The van der Waals surface area contributed by atoms with Gasteiger partial charge in [-0.1, -0.05) is 15.9 Å². The molecule has 1 N–H and O–H groups in total. The lowest BCUT2D eigenvalue weighted by Gasteiger charge is -2.10. The van der Waals surface area contributed by atoms with Crippen LogP contribution in [0.15, 0.2) is 56.1 Å². The van der Waals surface area contributed by atoms with Crippen molar-refractivity contribution in [1.29, 1.82) is 0 Å². The first kappa shape index (κ1) is 18.7. The smallest absolute Gasteiger partial charge is 0.374 e. The van der Waals surface area contributed by atoms with Gasteiger partial charge >= 0.3 is 5.97 Å². The zero-order valence-electron chi connectivity index (χ0n) is 14.4. The Balaban J connectivity index is 2.06. The van der Waals surface area contributed by atoms with E-state index in [0.29, 0.717) is 15.8 Å². The van der Waals surface area contributed by atoms with Crippen molar-refractivity contribution in [2.45, 2.75) is 0 Å². The first-order chi connectivity index (χ1) is 12.9. The topological polar surface area (TPSA) is 94.8 Å². The van der Waals surface area contributed by atoms with Crippen molar-refractivity contribution in [3.63, 3.8) is 0 Å². The van der Waals surface area contributed by atoms with E-state index >= 15 is 0 Å². The molecule has 138 valence electrons. The number of hydrogen-bond acceptors (Lipinski definition) is 6. The zero-order valence-corrected chi connectivity index (χ0v) is 16.0. The van der Waals surface area contributed by atoms with E-state index in [0.717, 1.165) is 6.07 Å². The summed E-state index contributed by atoms with van der Waals surface area (Å²) in [7, 11) is 2.71. The number of rotatable bonds is 4. The number of amides is 1. The van der Waals surface area contributed by atoms with E-state index in [2.05, 4.69) is 26.0 Å². The summed E-state index contributed by atoms with van der Waals surface area (Å²) in [4.78, 5) is 36.6. The number of fused-ring (bicyclic) bond motifs is 1. The quantitative estimate of drug-likeness (QED) is 0.634. The van der Waals surface area contributed by atoms with Gasteiger partial charge in [-0.3, -0.25) is 9.59 Å². The molecule has 0 aliphatic carbocycles. The lowest BCUT2D eigenvalue weighted by atomic mass is 10.1. The number of carbonyl (C=O) groups is 2. The van der Waals surface area contributed by atoms with Crippen LogP contribution in [-0.4, -0.2) is 26.1 Å². The number of anilines is 1. The molecule has 0 aliphatic rings. The molecule has 2 aromatic carbocycles. The summed E-state index contributed by atoms with van der Waals surface area (Å²) in [6.45, 7) is 0. The molecular formula is C19H14BrNO6. The minimum absolute atomic E-state index is 0.0768. The Labute approximate surface area is 162 Å². The fraction of sp³-hybridized carbons (Fsp3) is 0.105. The van der Waals surface area contributed by atoms with Crippen molar-refractivity contribution in [2.24, 2.45) is 0 Å². The van der Waals surface area contributed by atoms with Gasteiger partial charge in [0.05, 0.1) is 25.3 Å². The van der Waals surface area contributed by atoms with Crippen LogP contribution in [0.25, 0.3) is 11.0 Å². The van der Waals surface area contributed by atoms with Crippen LogP contribution in [0.4, 0.5) is 5.69 Å². The van der Waals surface area contributed by atoms with Gasteiger partial charge in [-0.05, 0) is 36.4 Å². The third kappa shape index (κ3) is 3.85. The molecule has 1 aromatic heterocycles. The van der Waals surface area contributed by atoms with Gasteiger partial charge in [-0.15, -0.1) is 0 Å². The second-order valence-electron chi connectivity index (χ2n) is 5.48. The van der Waals surface area contributed by atoms with Crippen LogP contribution in [0.5, 0.6) is 5.75 Å². The maximum atomic E-state index is 12.5. The van der Waals surface area contributed by atoms with Gasteiger partial charge in [-0.2, -0.15) is 0 Å². The SMILES string of the molecule is COC(=O)c1cc(=O)c2cc(Br)cc(NC(=O)c3ccc(OC)cc3)c2o1. The van der Waals surface area contributed by atoms with Crippen LogP contribution in [-0.2, 0) is 4.74 Å². The summed E-state index contributed by atoms with van der Waals surface area (Å²) in [5, 5.41) is 2.91. The fourth-order valence-electron chi connectivity index (χ4n) is 2.45. The van der Waals surface area contributed by atoms with Crippen LogP contribution in [0, 0.1) is 0 Å². The molecule has 0 unspecified atom stereocenters. The Morgan fingerprint density at radius 3 is 2.41 bits per heavy atom. The summed E-state index contributed by atoms with van der Waals surface area (Å²) >= 11 is 3.30. The first-order valence-corrected chi connectivity index (χ1v) is 8.53. The molecule has 0 saturated heterocycles. The van der Waals surface area contributed by atoms with E-state index in [1.807, 2.05) is 0 Å². The molecule has 0 bridgehead atoms. The number of carbonyl (C=O) groups excluding carboxylic acids is 2. The number of nitrogens with one attached hydrogen (secondary N) is 1. The number of methoxy groups -OCH3 is 2. The second kappa shape index (κ2) is 7.63. The standard InChI is InChI=1S/C19H14BrNO6/c1-25-12-5-3-10(4-6-12)18(23)21-14-8-11(20)7-13-15(22)9-16(19(24)26-2)27-17(13)14/h3-9H,1-2H3,(H,21,23). The van der Waals surface area contributed by atoms with Gasteiger partial charge in [0.15, 0.2) is 11.0 Å². The van der Waals surface area contributed by atoms with Crippen molar-refractivity contribution >= 4 is 44.5 Å². The Kier molecular flexibility index (Phi) is 5.27. The monoisotopic (exact) mass is 431 g/mol. The van der Waals surface area contributed by atoms with Crippen molar-refractivity contribution in [3.8, 4) is 5.75 Å². The predicted octanol–water partition coefficient (Wildman–Crippen LogP) is 3.60. The highest BCUT2D eigenvalue weighted by atomic mass is 79.9. The molecular weight excluding hydrogens is 418 g/mol. The van der Waals surface area contributed by atoms with E-state index in [1.54, 1.807) is 36.4 Å². The number of hydrogen-bond donors (Lipinski definition) is 1. The van der Waals surface area contributed by atoms with Gasteiger partial charge in [0.1, 0.15) is 5.75 Å². The van der Waals surface area contributed by atoms with Crippen LogP contribution in [0.3, 0.4) is 0 Å². The molecule has 7 nitrogen and oxygen atoms in total. The lowest BCUT2D eigenvalue weighted by Crippen LogP contribution is -2.14. The Morgan fingerprint density at radius 2 is 1.78 bits per heavy atom. The van der Waals surface area contributed by atoms with Crippen molar-refractivity contribution in [1.82, 2.24) is 0 Å². The molecule has 1 heterocycles. The average molecular weight is 432 g/mol. The highest BCUT2D eigenvalue weighted by molar-refractivity contribution is 9.10. The first-order valence-electron chi connectivity index (χ1n) is 7.74. The minimum Gasteiger partial charge on any atom is -0.497 e. The van der Waals surface area contributed by atoms with Gasteiger partial charge in [0.2, 0.25) is 5.76 Å². The molecule has 27 heavy (non-hydrogen) atoms. The molecule has 0 aliphatic heterocycles. The average Bonchev–Trinajstić information content (AvgIpc) is 2.67. The molecule has 8 heteroatoms. The van der Waals surface area contributed by atoms with Crippen LogP contribution >= 0.6 is 15.9 Å². The Morgan fingerprint density at radius 1 is 1.07 bits per heavy atom. The van der Waals surface area contributed by atoms with E-state index in [-0.39, 0.29) is 22.4 Å². The molecule has 3 aromatic rings. The Bertz CT molecular complexity index is 1090. The predicted molar refractivity (Wildman–Crippen MR) is 102 cm³/mol. The summed E-state index contributed by atoms with van der Waals surface area (Å²) < 4.78 is 15.8. The van der Waals surface area contributed by atoms with E-state index < -0.39 is 17.3 Å². The van der Waals surface area contributed by atoms with E-state index in [9.17, 15) is 14.4 Å². The Hall–Kier alpha value is -3.13. The molecule has 0 radical (unpaired) electrons. The maximum absolute atomic E-state index is 12.5. The lowest BCUT2D eigenvalue weighted by molar-refractivity contribution is 0.0565. The van der Waals surface area contributed by atoms with Gasteiger partial charge in [-0.25, -0.2) is 4.79 Å². The molecule has 0 fully saturated rings. The third-order valence-corrected chi connectivity index (χ3v) is 4.24. The van der Waals surface area contributed by atoms with Crippen molar-refractivity contribution < 1.29 is 23.5 Å². The summed E-state index contributed by atoms with van der Waals surface area (Å²) in [6.07, 6.45) is 0. The van der Waals surface area contributed by atoms with Gasteiger partial charge in [0.25, 0.3) is 5.91 Å². The highest BCUT2D eigenvalue weighted by Crippen LogP contribution is 2.28. The summed E-state index contributed by atoms with van der Waals surface area (Å²) in [6, 6.07) is 10.7.